The fraction of sp³-hybridized carbons (Fsp3) is 0.625. The lowest BCUT2D eigenvalue weighted by Gasteiger charge is -2.57. The van der Waals surface area contributed by atoms with Gasteiger partial charge in [0.15, 0.2) is 0 Å². The highest BCUT2D eigenvalue weighted by molar-refractivity contribution is 6.30. The van der Waals surface area contributed by atoms with E-state index in [2.05, 4.69) is 36.2 Å². The van der Waals surface area contributed by atoms with Gasteiger partial charge in [-0.1, -0.05) is 37.6 Å². The Labute approximate surface area is 125 Å². The monoisotopic (exact) mass is 294 g/mol. The number of aliphatic hydroxyl groups is 1. The standard InChI is InChI=1S/C16H23ClN2O/c1-15-8-18-9-16(2,14(15)20)11-19(10-15)7-12-3-5-13(17)6-4-12/h3-6,14,18,20H,7-11H2,1-2H3. The molecule has 1 aromatic rings. The second-order valence-corrected chi connectivity index (χ2v) is 7.52. The molecule has 0 spiro atoms. The van der Waals surface area contributed by atoms with Gasteiger partial charge >= 0.3 is 0 Å². The van der Waals surface area contributed by atoms with Gasteiger partial charge in [-0.2, -0.15) is 0 Å². The minimum absolute atomic E-state index is 0.0579. The van der Waals surface area contributed by atoms with Gasteiger partial charge < -0.3 is 10.4 Å². The lowest BCUT2D eigenvalue weighted by molar-refractivity contribution is -0.143. The maximum Gasteiger partial charge on any atom is 0.0696 e. The SMILES string of the molecule is CC12CNCC(C)(CN(Cc3ccc(Cl)cc3)C1)C2O. The number of nitrogens with zero attached hydrogens (tertiary/aromatic N) is 1. The average molecular weight is 295 g/mol. The van der Waals surface area contributed by atoms with E-state index >= 15 is 0 Å². The summed E-state index contributed by atoms with van der Waals surface area (Å²) in [6.45, 7) is 8.95. The topological polar surface area (TPSA) is 35.5 Å². The Morgan fingerprint density at radius 3 is 2.30 bits per heavy atom. The zero-order chi connectivity index (χ0) is 14.4. The highest BCUT2D eigenvalue weighted by Crippen LogP contribution is 2.43. The lowest BCUT2D eigenvalue weighted by Crippen LogP contribution is -2.69. The molecule has 3 rings (SSSR count). The van der Waals surface area contributed by atoms with Gasteiger partial charge in [-0.15, -0.1) is 0 Å². The van der Waals surface area contributed by atoms with E-state index in [0.29, 0.717) is 0 Å². The third kappa shape index (κ3) is 2.48. The van der Waals surface area contributed by atoms with Gasteiger partial charge in [0.25, 0.3) is 0 Å². The summed E-state index contributed by atoms with van der Waals surface area (Å²) in [7, 11) is 0. The highest BCUT2D eigenvalue weighted by Gasteiger charge is 2.53. The molecule has 2 fully saturated rings. The summed E-state index contributed by atoms with van der Waals surface area (Å²) in [5, 5.41) is 14.9. The molecule has 2 aliphatic rings. The number of hydrogen-bond acceptors (Lipinski definition) is 3. The molecule has 2 unspecified atom stereocenters. The number of fused-ring (bicyclic) bond motifs is 2. The van der Waals surface area contributed by atoms with Crippen molar-refractivity contribution in [1.29, 1.82) is 0 Å². The van der Waals surface area contributed by atoms with Crippen LogP contribution in [0, 0.1) is 10.8 Å². The molecule has 0 saturated carbocycles. The Bertz CT molecular complexity index is 472. The Kier molecular flexibility index (Phi) is 3.57. The molecule has 2 aliphatic heterocycles. The first-order chi connectivity index (χ1) is 9.41. The van der Waals surface area contributed by atoms with Gasteiger partial charge in [0.1, 0.15) is 0 Å². The summed E-state index contributed by atoms with van der Waals surface area (Å²) in [5.74, 6) is 0. The molecule has 4 heteroatoms. The fourth-order valence-electron chi connectivity index (χ4n) is 3.99. The number of likely N-dealkylation sites (tertiary alicyclic amines) is 1. The van der Waals surface area contributed by atoms with Crippen LogP contribution in [0.3, 0.4) is 0 Å². The van der Waals surface area contributed by atoms with E-state index in [1.54, 1.807) is 0 Å². The number of rotatable bonds is 2. The molecule has 0 aliphatic carbocycles. The predicted octanol–water partition coefficient (Wildman–Crippen LogP) is 2.13. The molecule has 1 aromatic carbocycles. The second-order valence-electron chi connectivity index (χ2n) is 7.09. The van der Waals surface area contributed by atoms with E-state index in [-0.39, 0.29) is 16.9 Å². The summed E-state index contributed by atoms with van der Waals surface area (Å²) in [6, 6.07) is 8.07. The normalized spacial score (nSPS) is 37.9. The third-order valence-corrected chi connectivity index (χ3v) is 5.12. The van der Waals surface area contributed by atoms with Crippen molar-refractivity contribution >= 4 is 11.6 Å². The molecule has 2 heterocycles. The van der Waals surface area contributed by atoms with Crippen LogP contribution in [0.1, 0.15) is 19.4 Å². The lowest BCUT2D eigenvalue weighted by atomic mass is 9.63. The minimum atomic E-state index is -0.224. The Morgan fingerprint density at radius 1 is 1.20 bits per heavy atom. The average Bonchev–Trinajstić information content (AvgIpc) is 2.37. The summed E-state index contributed by atoms with van der Waals surface area (Å²) in [5.41, 5.74) is 1.17. The van der Waals surface area contributed by atoms with Crippen molar-refractivity contribution in [3.63, 3.8) is 0 Å². The first kappa shape index (κ1) is 14.3. The van der Waals surface area contributed by atoms with Gasteiger partial charge in [-0.05, 0) is 17.7 Å². The number of aliphatic hydroxyl groups excluding tert-OH is 1. The molecule has 2 N–H and O–H groups in total. The Hall–Kier alpha value is -0.610. The van der Waals surface area contributed by atoms with Crippen LogP contribution >= 0.6 is 11.6 Å². The van der Waals surface area contributed by atoms with Crippen molar-refractivity contribution in [3.8, 4) is 0 Å². The number of piperidine rings is 2. The quantitative estimate of drug-likeness (QED) is 0.877. The Morgan fingerprint density at radius 2 is 1.75 bits per heavy atom. The fourth-order valence-corrected chi connectivity index (χ4v) is 4.12. The summed E-state index contributed by atoms with van der Waals surface area (Å²) in [6.07, 6.45) is -0.224. The maximum absolute atomic E-state index is 10.6. The largest absolute Gasteiger partial charge is 0.392 e. The predicted molar refractivity (Wildman–Crippen MR) is 81.8 cm³/mol. The van der Waals surface area contributed by atoms with Crippen molar-refractivity contribution in [3.05, 3.63) is 34.9 Å². The number of halogens is 1. The van der Waals surface area contributed by atoms with Crippen molar-refractivity contribution in [2.45, 2.75) is 26.5 Å². The number of benzene rings is 1. The van der Waals surface area contributed by atoms with Gasteiger partial charge in [0, 0.05) is 48.6 Å². The molecule has 20 heavy (non-hydrogen) atoms. The molecule has 110 valence electrons. The van der Waals surface area contributed by atoms with Crippen LogP contribution in [0.4, 0.5) is 0 Å². The summed E-state index contributed by atoms with van der Waals surface area (Å²) >= 11 is 5.94. The summed E-state index contributed by atoms with van der Waals surface area (Å²) in [4.78, 5) is 2.47. The minimum Gasteiger partial charge on any atom is -0.392 e. The van der Waals surface area contributed by atoms with Crippen LogP contribution in [0.2, 0.25) is 5.02 Å². The molecule has 0 amide bonds. The van der Waals surface area contributed by atoms with E-state index in [0.717, 1.165) is 37.7 Å². The first-order valence-electron chi connectivity index (χ1n) is 7.27. The van der Waals surface area contributed by atoms with Crippen LogP contribution < -0.4 is 5.32 Å². The van der Waals surface area contributed by atoms with Gasteiger partial charge in [0.05, 0.1) is 6.10 Å². The zero-order valence-corrected chi connectivity index (χ0v) is 13.0. The number of hydrogen-bond donors (Lipinski definition) is 2. The van der Waals surface area contributed by atoms with E-state index in [4.69, 9.17) is 11.6 Å². The molecule has 3 nitrogen and oxygen atoms in total. The number of nitrogens with one attached hydrogen (secondary N) is 1. The van der Waals surface area contributed by atoms with E-state index < -0.39 is 0 Å². The van der Waals surface area contributed by atoms with Crippen molar-refractivity contribution in [2.75, 3.05) is 26.2 Å². The van der Waals surface area contributed by atoms with Crippen molar-refractivity contribution in [2.24, 2.45) is 10.8 Å². The molecular formula is C16H23ClN2O. The van der Waals surface area contributed by atoms with Gasteiger partial charge in [0.2, 0.25) is 0 Å². The van der Waals surface area contributed by atoms with E-state index in [1.807, 2.05) is 12.1 Å². The zero-order valence-electron chi connectivity index (χ0n) is 12.2. The van der Waals surface area contributed by atoms with Crippen LogP contribution in [-0.2, 0) is 6.54 Å². The maximum atomic E-state index is 10.6. The van der Waals surface area contributed by atoms with Crippen LogP contribution in [0.5, 0.6) is 0 Å². The molecule has 0 radical (unpaired) electrons. The molecular weight excluding hydrogens is 272 g/mol. The van der Waals surface area contributed by atoms with Crippen LogP contribution in [0.25, 0.3) is 0 Å². The smallest absolute Gasteiger partial charge is 0.0696 e. The van der Waals surface area contributed by atoms with Crippen LogP contribution in [0.15, 0.2) is 24.3 Å². The van der Waals surface area contributed by atoms with Crippen molar-refractivity contribution < 1.29 is 5.11 Å². The van der Waals surface area contributed by atoms with Gasteiger partial charge in [-0.3, -0.25) is 4.90 Å². The molecule has 2 saturated heterocycles. The Balaban J connectivity index is 1.77. The third-order valence-electron chi connectivity index (χ3n) is 4.87. The molecule has 2 bridgehead atoms. The first-order valence-corrected chi connectivity index (χ1v) is 7.65. The van der Waals surface area contributed by atoms with E-state index in [1.165, 1.54) is 5.56 Å². The van der Waals surface area contributed by atoms with Crippen molar-refractivity contribution in [1.82, 2.24) is 10.2 Å². The molecule has 2 atom stereocenters. The van der Waals surface area contributed by atoms with E-state index in [9.17, 15) is 5.11 Å². The van der Waals surface area contributed by atoms with Gasteiger partial charge in [-0.25, -0.2) is 0 Å². The summed E-state index contributed by atoms with van der Waals surface area (Å²) < 4.78 is 0. The molecule has 0 aromatic heterocycles. The second kappa shape index (κ2) is 4.99. The highest BCUT2D eigenvalue weighted by atomic mass is 35.5. The van der Waals surface area contributed by atoms with Crippen LogP contribution in [-0.4, -0.2) is 42.3 Å².